The van der Waals surface area contributed by atoms with Crippen molar-refractivity contribution in [2.24, 2.45) is 0 Å². The molecule has 4 nitrogen and oxygen atoms in total. The molecule has 0 saturated heterocycles. The maximum Gasteiger partial charge on any atom is 0.241 e. The van der Waals surface area contributed by atoms with Crippen LogP contribution in [-0.2, 0) is 11.3 Å². The molecule has 1 heterocycles. The summed E-state index contributed by atoms with van der Waals surface area (Å²) in [5.41, 5.74) is 1.07. The molecule has 1 rings (SSSR count). The van der Waals surface area contributed by atoms with Crippen LogP contribution < -0.4 is 5.32 Å². The maximum absolute atomic E-state index is 11.2. The highest BCUT2D eigenvalue weighted by Gasteiger charge is 2.01. The highest BCUT2D eigenvalue weighted by Crippen LogP contribution is 1.93. The van der Waals surface area contributed by atoms with Gasteiger partial charge in [0.05, 0.1) is 6.20 Å². The van der Waals surface area contributed by atoms with Crippen molar-refractivity contribution >= 4 is 5.91 Å². The summed E-state index contributed by atoms with van der Waals surface area (Å²) in [5, 5.41) is 6.81. The second-order valence-corrected chi connectivity index (χ2v) is 3.07. The fraction of sp³-hybridized carbons (Fsp3) is 0.556. The molecule has 13 heavy (non-hydrogen) atoms. The van der Waals surface area contributed by atoms with Gasteiger partial charge in [0, 0.05) is 12.7 Å². The SMILES string of the molecule is CCCNC(=O)Cn1cc(C)cn1. The summed E-state index contributed by atoms with van der Waals surface area (Å²) in [6.07, 6.45) is 4.56. The number of carbonyl (C=O) groups is 1. The Morgan fingerprint density at radius 2 is 2.46 bits per heavy atom. The van der Waals surface area contributed by atoms with Crippen molar-refractivity contribution in [2.75, 3.05) is 6.54 Å². The zero-order chi connectivity index (χ0) is 9.68. The molecule has 1 amide bonds. The van der Waals surface area contributed by atoms with Crippen LogP contribution in [0.2, 0.25) is 0 Å². The van der Waals surface area contributed by atoms with Crippen molar-refractivity contribution in [3.05, 3.63) is 18.0 Å². The normalized spacial score (nSPS) is 10.0. The predicted octanol–water partition coefficient (Wildman–Crippen LogP) is 0.718. The molecular weight excluding hydrogens is 166 g/mol. The molecule has 0 saturated carbocycles. The fourth-order valence-electron chi connectivity index (χ4n) is 1.02. The first kappa shape index (κ1) is 9.77. The topological polar surface area (TPSA) is 46.9 Å². The van der Waals surface area contributed by atoms with Gasteiger partial charge in [0.2, 0.25) is 5.91 Å². The Hall–Kier alpha value is -1.32. The van der Waals surface area contributed by atoms with E-state index in [1.165, 1.54) is 0 Å². The zero-order valence-electron chi connectivity index (χ0n) is 8.08. The van der Waals surface area contributed by atoms with E-state index in [9.17, 15) is 4.79 Å². The van der Waals surface area contributed by atoms with E-state index < -0.39 is 0 Å². The second kappa shape index (κ2) is 4.64. The number of hydrogen-bond donors (Lipinski definition) is 1. The quantitative estimate of drug-likeness (QED) is 0.744. The number of rotatable bonds is 4. The van der Waals surface area contributed by atoms with Gasteiger partial charge in [0.25, 0.3) is 0 Å². The molecule has 0 aromatic carbocycles. The van der Waals surface area contributed by atoms with E-state index in [4.69, 9.17) is 0 Å². The predicted molar refractivity (Wildman–Crippen MR) is 50.3 cm³/mol. The van der Waals surface area contributed by atoms with Gasteiger partial charge in [-0.3, -0.25) is 9.48 Å². The lowest BCUT2D eigenvalue weighted by Gasteiger charge is -2.02. The molecule has 0 spiro atoms. The first-order chi connectivity index (χ1) is 6.22. The van der Waals surface area contributed by atoms with E-state index >= 15 is 0 Å². The van der Waals surface area contributed by atoms with E-state index in [2.05, 4.69) is 10.4 Å². The largest absolute Gasteiger partial charge is 0.355 e. The average Bonchev–Trinajstić information content (AvgIpc) is 2.48. The Morgan fingerprint density at radius 3 is 3.00 bits per heavy atom. The molecule has 0 radical (unpaired) electrons. The number of aromatic nitrogens is 2. The van der Waals surface area contributed by atoms with E-state index in [1.54, 1.807) is 10.9 Å². The third-order valence-electron chi connectivity index (χ3n) is 1.64. The molecule has 72 valence electrons. The molecule has 1 aromatic heterocycles. The lowest BCUT2D eigenvalue weighted by Crippen LogP contribution is -2.28. The molecule has 0 aliphatic heterocycles. The number of aryl methyl sites for hydroxylation is 1. The van der Waals surface area contributed by atoms with Gasteiger partial charge < -0.3 is 5.32 Å². The Bertz CT molecular complexity index is 280. The molecule has 0 aliphatic rings. The van der Waals surface area contributed by atoms with Gasteiger partial charge >= 0.3 is 0 Å². The number of amides is 1. The molecule has 0 unspecified atom stereocenters. The van der Waals surface area contributed by atoms with Gasteiger partial charge in [0.1, 0.15) is 6.54 Å². The zero-order valence-corrected chi connectivity index (χ0v) is 8.08. The van der Waals surface area contributed by atoms with Crippen LogP contribution in [0.15, 0.2) is 12.4 Å². The summed E-state index contributed by atoms with van der Waals surface area (Å²) in [7, 11) is 0. The van der Waals surface area contributed by atoms with Crippen LogP contribution in [0.3, 0.4) is 0 Å². The number of nitrogens with one attached hydrogen (secondary N) is 1. The minimum atomic E-state index is 0.0185. The van der Waals surface area contributed by atoms with Gasteiger partial charge in [-0.2, -0.15) is 5.10 Å². The minimum absolute atomic E-state index is 0.0185. The van der Waals surface area contributed by atoms with Gasteiger partial charge in [-0.1, -0.05) is 6.92 Å². The highest BCUT2D eigenvalue weighted by atomic mass is 16.2. The van der Waals surface area contributed by atoms with Gasteiger partial charge in [-0.05, 0) is 18.9 Å². The average molecular weight is 181 g/mol. The number of hydrogen-bond acceptors (Lipinski definition) is 2. The van der Waals surface area contributed by atoms with Crippen molar-refractivity contribution in [2.45, 2.75) is 26.8 Å². The summed E-state index contributed by atoms with van der Waals surface area (Å²) in [6.45, 7) is 5.03. The lowest BCUT2D eigenvalue weighted by molar-refractivity contribution is -0.121. The van der Waals surface area contributed by atoms with E-state index in [1.807, 2.05) is 20.0 Å². The van der Waals surface area contributed by atoms with Crippen molar-refractivity contribution in [3.63, 3.8) is 0 Å². The fourth-order valence-corrected chi connectivity index (χ4v) is 1.02. The Labute approximate surface area is 77.9 Å². The summed E-state index contributed by atoms with van der Waals surface area (Å²) in [5.74, 6) is 0.0185. The third kappa shape index (κ3) is 3.27. The van der Waals surface area contributed by atoms with E-state index in [0.717, 1.165) is 18.5 Å². The van der Waals surface area contributed by atoms with Crippen LogP contribution in [0.4, 0.5) is 0 Å². The molecule has 0 bridgehead atoms. The van der Waals surface area contributed by atoms with Gasteiger partial charge in [-0.25, -0.2) is 0 Å². The maximum atomic E-state index is 11.2. The molecule has 1 aromatic rings. The van der Waals surface area contributed by atoms with Crippen LogP contribution in [0.25, 0.3) is 0 Å². The van der Waals surface area contributed by atoms with Crippen LogP contribution in [0.5, 0.6) is 0 Å². The number of carbonyl (C=O) groups excluding carboxylic acids is 1. The van der Waals surface area contributed by atoms with Crippen molar-refractivity contribution in [1.82, 2.24) is 15.1 Å². The van der Waals surface area contributed by atoms with Crippen molar-refractivity contribution < 1.29 is 4.79 Å². The van der Waals surface area contributed by atoms with Crippen LogP contribution in [0.1, 0.15) is 18.9 Å². The summed E-state index contributed by atoms with van der Waals surface area (Å²) in [6, 6.07) is 0. The lowest BCUT2D eigenvalue weighted by atomic mass is 10.4. The van der Waals surface area contributed by atoms with E-state index in [-0.39, 0.29) is 5.91 Å². The van der Waals surface area contributed by atoms with E-state index in [0.29, 0.717) is 6.54 Å². The molecule has 0 atom stereocenters. The van der Waals surface area contributed by atoms with Crippen LogP contribution in [-0.4, -0.2) is 22.2 Å². The smallest absolute Gasteiger partial charge is 0.241 e. The number of nitrogens with zero attached hydrogens (tertiary/aromatic N) is 2. The Morgan fingerprint density at radius 1 is 1.69 bits per heavy atom. The second-order valence-electron chi connectivity index (χ2n) is 3.07. The first-order valence-corrected chi connectivity index (χ1v) is 4.48. The summed E-state index contributed by atoms with van der Waals surface area (Å²) >= 11 is 0. The van der Waals surface area contributed by atoms with Gasteiger partial charge in [0.15, 0.2) is 0 Å². The van der Waals surface area contributed by atoms with Crippen LogP contribution in [0, 0.1) is 6.92 Å². The summed E-state index contributed by atoms with van der Waals surface area (Å²) < 4.78 is 1.64. The van der Waals surface area contributed by atoms with Gasteiger partial charge in [-0.15, -0.1) is 0 Å². The molecule has 0 aliphatic carbocycles. The van der Waals surface area contributed by atoms with Crippen molar-refractivity contribution in [1.29, 1.82) is 0 Å². The Balaban J connectivity index is 2.36. The molecule has 0 fully saturated rings. The molecule has 4 heteroatoms. The first-order valence-electron chi connectivity index (χ1n) is 4.48. The standard InChI is InChI=1S/C9H15N3O/c1-3-4-10-9(13)7-12-6-8(2)5-11-12/h5-6H,3-4,7H2,1-2H3,(H,10,13). The monoisotopic (exact) mass is 181 g/mol. The molecule has 1 N–H and O–H groups in total. The summed E-state index contributed by atoms with van der Waals surface area (Å²) in [4.78, 5) is 11.2. The third-order valence-corrected chi connectivity index (χ3v) is 1.64. The van der Waals surface area contributed by atoms with Crippen LogP contribution >= 0.6 is 0 Å². The minimum Gasteiger partial charge on any atom is -0.355 e. The Kier molecular flexibility index (Phi) is 3.49. The molecular formula is C9H15N3O. The highest BCUT2D eigenvalue weighted by molar-refractivity contribution is 5.75. The van der Waals surface area contributed by atoms with Crippen molar-refractivity contribution in [3.8, 4) is 0 Å².